The maximum atomic E-state index is 13.5. The minimum absolute atomic E-state index is 0.0962. The molecule has 4 N–H and O–H groups in total. The fourth-order valence-corrected chi connectivity index (χ4v) is 4.30. The molecule has 7 nitrogen and oxygen atoms in total. The van der Waals surface area contributed by atoms with Gasteiger partial charge in [-0.3, -0.25) is 4.99 Å². The number of nitrogens with two attached hydrogens (primary N) is 1. The van der Waals surface area contributed by atoms with Crippen LogP contribution in [-0.2, 0) is 22.6 Å². The Kier molecular flexibility index (Phi) is 8.38. The van der Waals surface area contributed by atoms with Crippen molar-refractivity contribution in [3.05, 3.63) is 118 Å². The Bertz CT molecular complexity index is 1370. The molecular weight excluding hydrogens is 488 g/mol. The number of allylic oxidation sites excluding steroid dienone is 2. The molecule has 0 bridgehead atoms. The number of esters is 1. The number of anilines is 1. The van der Waals surface area contributed by atoms with Crippen LogP contribution in [0.4, 0.5) is 16.2 Å². The third kappa shape index (κ3) is 6.45. The summed E-state index contributed by atoms with van der Waals surface area (Å²) in [7, 11) is 0. The molecule has 0 aliphatic carbocycles. The smallest absolute Gasteiger partial charge is 0.338 e. The van der Waals surface area contributed by atoms with Crippen LogP contribution in [0.1, 0.15) is 29.2 Å². The number of aryl methyl sites for hydroxylation is 1. The Labute approximate surface area is 220 Å². The molecule has 188 valence electrons. The van der Waals surface area contributed by atoms with E-state index in [0.29, 0.717) is 46.1 Å². The monoisotopic (exact) mass is 514 g/mol. The summed E-state index contributed by atoms with van der Waals surface area (Å²) < 4.78 is 5.69. The number of carbonyl (C=O) groups excluding carboxylic acids is 2. The first-order valence-corrected chi connectivity index (χ1v) is 12.1. The minimum atomic E-state index is -0.766. The lowest BCUT2D eigenvalue weighted by Gasteiger charge is -2.30. The molecule has 0 saturated carbocycles. The molecule has 0 aromatic heterocycles. The lowest BCUT2D eigenvalue weighted by Crippen LogP contribution is -2.46. The van der Waals surface area contributed by atoms with E-state index in [1.54, 1.807) is 24.3 Å². The zero-order chi connectivity index (χ0) is 26.2. The van der Waals surface area contributed by atoms with E-state index in [-0.39, 0.29) is 6.61 Å². The average Bonchev–Trinajstić information content (AvgIpc) is 2.91. The molecule has 2 amide bonds. The summed E-state index contributed by atoms with van der Waals surface area (Å²) in [6.45, 7) is 3.71. The van der Waals surface area contributed by atoms with Gasteiger partial charge in [0.25, 0.3) is 0 Å². The summed E-state index contributed by atoms with van der Waals surface area (Å²) in [5, 5.41) is 6.28. The first-order valence-electron chi connectivity index (χ1n) is 11.8. The number of hydrogen-bond donors (Lipinski definition) is 3. The van der Waals surface area contributed by atoms with E-state index < -0.39 is 18.0 Å². The number of hydrogen-bond acceptors (Lipinski definition) is 5. The zero-order valence-corrected chi connectivity index (χ0v) is 20.9. The quantitative estimate of drug-likeness (QED) is 0.191. The Morgan fingerprint density at radius 1 is 1.08 bits per heavy atom. The first-order chi connectivity index (χ1) is 18.0. The van der Waals surface area contributed by atoms with Crippen LogP contribution in [0.3, 0.4) is 0 Å². The number of aliphatic imine (C=N–C) groups is 1. The predicted molar refractivity (Wildman–Crippen MR) is 147 cm³/mol. The second kappa shape index (κ2) is 12.1. The number of nitrogens with one attached hydrogen (secondary N) is 2. The van der Waals surface area contributed by atoms with Crippen LogP contribution in [0, 0.1) is 0 Å². The van der Waals surface area contributed by atoms with Gasteiger partial charge in [0.2, 0.25) is 0 Å². The van der Waals surface area contributed by atoms with Gasteiger partial charge >= 0.3 is 12.0 Å². The largest absolute Gasteiger partial charge is 0.457 e. The molecule has 3 aromatic rings. The lowest BCUT2D eigenvalue weighted by atomic mass is 9.92. The van der Waals surface area contributed by atoms with Crippen molar-refractivity contribution in [2.75, 3.05) is 5.73 Å². The van der Waals surface area contributed by atoms with Crippen molar-refractivity contribution in [2.45, 2.75) is 25.5 Å². The Balaban J connectivity index is 1.69. The van der Waals surface area contributed by atoms with E-state index >= 15 is 0 Å². The number of nitrogen functional groups attached to an aromatic ring is 1. The van der Waals surface area contributed by atoms with E-state index in [9.17, 15) is 9.59 Å². The highest BCUT2D eigenvalue weighted by atomic mass is 35.5. The van der Waals surface area contributed by atoms with Crippen LogP contribution in [0.5, 0.6) is 0 Å². The van der Waals surface area contributed by atoms with Crippen LogP contribution < -0.4 is 16.4 Å². The second-order valence-corrected chi connectivity index (χ2v) is 8.82. The SMILES string of the molecule is C=C/C=N\c1ccc(C2NC(=O)NC(CCc3ccccc3Cl)=C2C(=O)OCc2ccccc2)cc1N. The Hall–Kier alpha value is -4.36. The van der Waals surface area contributed by atoms with E-state index in [1.807, 2.05) is 54.6 Å². The van der Waals surface area contributed by atoms with Crippen LogP contribution in [0.2, 0.25) is 5.02 Å². The summed E-state index contributed by atoms with van der Waals surface area (Å²) >= 11 is 6.34. The average molecular weight is 515 g/mol. The van der Waals surface area contributed by atoms with Crippen molar-refractivity contribution in [1.29, 1.82) is 0 Å². The van der Waals surface area contributed by atoms with Crippen molar-refractivity contribution in [3.63, 3.8) is 0 Å². The standard InChI is InChI=1S/C29H27ClN4O3/c1-2-16-32-24-14-13-21(17-23(24)31)27-26(28(35)37-18-19-8-4-3-5-9-19)25(33-29(36)34-27)15-12-20-10-6-7-11-22(20)30/h2-11,13-14,16-17,27H,1,12,15,18,31H2,(H2,33,34,36)/b32-16-. The summed E-state index contributed by atoms with van der Waals surface area (Å²) in [6.07, 6.45) is 3.99. The van der Waals surface area contributed by atoms with Crippen LogP contribution >= 0.6 is 11.6 Å². The fourth-order valence-electron chi connectivity index (χ4n) is 4.07. The number of urea groups is 1. The van der Waals surface area contributed by atoms with Gasteiger partial charge in [-0.15, -0.1) is 0 Å². The van der Waals surface area contributed by atoms with Gasteiger partial charge in [-0.05, 0) is 47.7 Å². The fraction of sp³-hybridized carbons (Fsp3) is 0.138. The Morgan fingerprint density at radius 2 is 1.84 bits per heavy atom. The van der Waals surface area contributed by atoms with Crippen molar-refractivity contribution in [1.82, 2.24) is 10.6 Å². The van der Waals surface area contributed by atoms with Gasteiger partial charge in [-0.25, -0.2) is 9.59 Å². The van der Waals surface area contributed by atoms with Crippen molar-refractivity contribution in [2.24, 2.45) is 4.99 Å². The molecule has 1 atom stereocenters. The molecule has 4 rings (SSSR count). The van der Waals surface area contributed by atoms with Gasteiger partial charge in [0.1, 0.15) is 6.61 Å². The molecule has 0 spiro atoms. The number of amides is 2. The molecule has 1 aliphatic heterocycles. The first kappa shape index (κ1) is 25.7. The highest BCUT2D eigenvalue weighted by molar-refractivity contribution is 6.31. The van der Waals surface area contributed by atoms with Crippen LogP contribution in [0.15, 0.2) is 102 Å². The number of halogens is 1. The van der Waals surface area contributed by atoms with E-state index in [2.05, 4.69) is 22.2 Å². The van der Waals surface area contributed by atoms with Crippen molar-refractivity contribution < 1.29 is 14.3 Å². The third-order valence-corrected chi connectivity index (χ3v) is 6.26. The van der Waals surface area contributed by atoms with E-state index in [1.165, 1.54) is 6.21 Å². The molecule has 0 fully saturated rings. The minimum Gasteiger partial charge on any atom is -0.457 e. The molecule has 0 radical (unpaired) electrons. The van der Waals surface area contributed by atoms with Crippen molar-refractivity contribution in [3.8, 4) is 0 Å². The van der Waals surface area contributed by atoms with Gasteiger partial charge in [0.15, 0.2) is 0 Å². The molecule has 1 heterocycles. The Morgan fingerprint density at radius 3 is 2.57 bits per heavy atom. The van der Waals surface area contributed by atoms with Gasteiger partial charge in [0.05, 0.1) is 23.0 Å². The number of ether oxygens (including phenoxy) is 1. The molecule has 0 saturated heterocycles. The number of nitrogens with zero attached hydrogens (tertiary/aromatic N) is 1. The number of rotatable bonds is 9. The van der Waals surface area contributed by atoms with Crippen molar-refractivity contribution >= 4 is 41.2 Å². The van der Waals surface area contributed by atoms with Gasteiger partial charge in [-0.2, -0.15) is 0 Å². The second-order valence-electron chi connectivity index (χ2n) is 8.41. The maximum absolute atomic E-state index is 13.5. The normalized spacial score (nSPS) is 15.3. The third-order valence-electron chi connectivity index (χ3n) is 5.89. The molecule has 3 aromatic carbocycles. The molecule has 8 heteroatoms. The molecule has 1 aliphatic rings. The van der Waals surface area contributed by atoms with Gasteiger partial charge in [0, 0.05) is 16.9 Å². The van der Waals surface area contributed by atoms with E-state index in [0.717, 1.165) is 11.1 Å². The topological polar surface area (TPSA) is 106 Å². The number of carbonyl (C=O) groups is 2. The molecular formula is C29H27ClN4O3. The van der Waals surface area contributed by atoms with Gasteiger partial charge < -0.3 is 21.1 Å². The zero-order valence-electron chi connectivity index (χ0n) is 20.1. The van der Waals surface area contributed by atoms with Crippen LogP contribution in [-0.4, -0.2) is 18.2 Å². The van der Waals surface area contributed by atoms with Crippen LogP contribution in [0.25, 0.3) is 0 Å². The summed E-state index contributed by atoms with van der Waals surface area (Å²) in [4.78, 5) is 30.4. The molecule has 37 heavy (non-hydrogen) atoms. The predicted octanol–water partition coefficient (Wildman–Crippen LogP) is 5.79. The summed E-state index contributed by atoms with van der Waals surface area (Å²) in [5.74, 6) is -0.539. The highest BCUT2D eigenvalue weighted by Crippen LogP contribution is 2.33. The maximum Gasteiger partial charge on any atom is 0.338 e. The lowest BCUT2D eigenvalue weighted by molar-refractivity contribution is -0.140. The summed E-state index contributed by atoms with van der Waals surface area (Å²) in [6, 6.07) is 20.9. The summed E-state index contributed by atoms with van der Waals surface area (Å²) in [5.41, 5.74) is 10.4. The number of benzene rings is 3. The molecule has 1 unspecified atom stereocenters. The van der Waals surface area contributed by atoms with E-state index in [4.69, 9.17) is 22.1 Å². The van der Waals surface area contributed by atoms with Gasteiger partial charge in [-0.1, -0.05) is 78.9 Å². The highest BCUT2D eigenvalue weighted by Gasteiger charge is 2.34.